The molecule has 0 aromatic heterocycles. The van der Waals surface area contributed by atoms with Crippen LogP contribution in [0.3, 0.4) is 0 Å². The van der Waals surface area contributed by atoms with Crippen LogP contribution in [-0.4, -0.2) is 12.1 Å². The fourth-order valence-corrected chi connectivity index (χ4v) is 2.22. The molecule has 0 spiro atoms. The average Bonchev–Trinajstić information content (AvgIpc) is 2.47. The zero-order chi connectivity index (χ0) is 8.97. The molecule has 72 valence electrons. The quantitative estimate of drug-likeness (QED) is 0.682. The summed E-state index contributed by atoms with van der Waals surface area (Å²) >= 11 is 0. The lowest BCUT2D eigenvalue weighted by atomic mass is 10.1. The second-order valence-corrected chi connectivity index (χ2v) is 4.30. The molecule has 0 bridgehead atoms. The van der Waals surface area contributed by atoms with Crippen molar-refractivity contribution in [3.63, 3.8) is 0 Å². The monoisotopic (exact) mass is 169 g/mol. The van der Waals surface area contributed by atoms with Crippen LogP contribution in [0.4, 0.5) is 0 Å². The topological polar surface area (TPSA) is 12.0 Å². The van der Waals surface area contributed by atoms with Crippen LogP contribution in [0.5, 0.6) is 0 Å². The first kappa shape index (κ1) is 10.0. The second kappa shape index (κ2) is 4.86. The lowest BCUT2D eigenvalue weighted by molar-refractivity contribution is 0.404. The van der Waals surface area contributed by atoms with Crippen molar-refractivity contribution in [3.05, 3.63) is 0 Å². The molecule has 1 rings (SSSR count). The predicted octanol–water partition coefficient (Wildman–Crippen LogP) is 2.95. The Morgan fingerprint density at radius 1 is 1.25 bits per heavy atom. The molecule has 1 fully saturated rings. The zero-order valence-electron chi connectivity index (χ0n) is 8.77. The average molecular weight is 169 g/mol. The highest BCUT2D eigenvalue weighted by Crippen LogP contribution is 2.25. The van der Waals surface area contributed by atoms with Gasteiger partial charge < -0.3 is 5.32 Å². The molecule has 1 aliphatic carbocycles. The van der Waals surface area contributed by atoms with Gasteiger partial charge in [-0.2, -0.15) is 0 Å². The van der Waals surface area contributed by atoms with E-state index in [4.69, 9.17) is 0 Å². The summed E-state index contributed by atoms with van der Waals surface area (Å²) in [4.78, 5) is 0. The number of nitrogens with one attached hydrogen (secondary N) is 1. The largest absolute Gasteiger partial charge is 0.311 e. The van der Waals surface area contributed by atoms with Crippen LogP contribution in [0.1, 0.15) is 52.9 Å². The molecule has 0 aliphatic heterocycles. The van der Waals surface area contributed by atoms with E-state index in [1.165, 1.54) is 32.1 Å². The Kier molecular flexibility index (Phi) is 4.07. The second-order valence-electron chi connectivity index (χ2n) is 4.30. The van der Waals surface area contributed by atoms with Crippen LogP contribution >= 0.6 is 0 Å². The normalized spacial score (nSPS) is 30.0. The van der Waals surface area contributed by atoms with Crippen LogP contribution in [0.2, 0.25) is 0 Å². The van der Waals surface area contributed by atoms with Crippen LogP contribution in [0.15, 0.2) is 0 Å². The Hall–Kier alpha value is -0.0400. The molecule has 1 N–H and O–H groups in total. The Balaban J connectivity index is 2.21. The summed E-state index contributed by atoms with van der Waals surface area (Å²) in [7, 11) is 0. The summed E-state index contributed by atoms with van der Waals surface area (Å²) < 4.78 is 0. The van der Waals surface area contributed by atoms with Crippen molar-refractivity contribution in [2.45, 2.75) is 65.0 Å². The molecular weight excluding hydrogens is 146 g/mol. The van der Waals surface area contributed by atoms with Gasteiger partial charge >= 0.3 is 0 Å². The fourth-order valence-electron chi connectivity index (χ4n) is 2.22. The van der Waals surface area contributed by atoms with Gasteiger partial charge in [0.1, 0.15) is 0 Å². The highest BCUT2D eigenvalue weighted by Gasteiger charge is 2.22. The summed E-state index contributed by atoms with van der Waals surface area (Å²) in [5.74, 6) is 0.955. The van der Waals surface area contributed by atoms with Gasteiger partial charge in [-0.1, -0.05) is 20.8 Å². The highest BCUT2D eigenvalue weighted by atomic mass is 15.0. The van der Waals surface area contributed by atoms with Gasteiger partial charge in [0.2, 0.25) is 0 Å². The van der Waals surface area contributed by atoms with E-state index >= 15 is 0 Å². The van der Waals surface area contributed by atoms with Gasteiger partial charge in [0, 0.05) is 12.1 Å². The molecule has 1 heteroatoms. The lowest BCUT2D eigenvalue weighted by Crippen LogP contribution is -2.35. The molecule has 1 saturated carbocycles. The molecule has 0 aromatic rings. The summed E-state index contributed by atoms with van der Waals surface area (Å²) in [6.07, 6.45) is 6.79. The fraction of sp³-hybridized carbons (Fsp3) is 1.00. The number of hydrogen-bond donors (Lipinski definition) is 1. The molecule has 0 amide bonds. The van der Waals surface area contributed by atoms with Crippen molar-refractivity contribution < 1.29 is 0 Å². The summed E-state index contributed by atoms with van der Waals surface area (Å²) in [5, 5.41) is 3.75. The minimum absolute atomic E-state index is 0.764. The third-order valence-electron chi connectivity index (χ3n) is 3.15. The third kappa shape index (κ3) is 2.78. The standard InChI is InChI=1S/C11H23N/c1-4-10(5-2)12-11-7-6-9(3)8-11/h9-12H,4-8H2,1-3H3. The molecule has 2 unspecified atom stereocenters. The third-order valence-corrected chi connectivity index (χ3v) is 3.15. The minimum atomic E-state index is 0.764. The van der Waals surface area contributed by atoms with Crippen molar-refractivity contribution in [3.8, 4) is 0 Å². The van der Waals surface area contributed by atoms with Gasteiger partial charge in [0.05, 0.1) is 0 Å². The first-order chi connectivity index (χ1) is 5.76. The summed E-state index contributed by atoms with van der Waals surface area (Å²) in [6, 6.07) is 1.59. The number of rotatable bonds is 4. The van der Waals surface area contributed by atoms with E-state index in [0.29, 0.717) is 0 Å². The van der Waals surface area contributed by atoms with Crippen molar-refractivity contribution in [1.29, 1.82) is 0 Å². The van der Waals surface area contributed by atoms with E-state index in [1.54, 1.807) is 0 Å². The van der Waals surface area contributed by atoms with E-state index in [-0.39, 0.29) is 0 Å². The molecule has 0 saturated heterocycles. The van der Waals surface area contributed by atoms with E-state index < -0.39 is 0 Å². The van der Waals surface area contributed by atoms with Crippen molar-refractivity contribution in [1.82, 2.24) is 5.32 Å². The molecule has 1 aliphatic rings. The first-order valence-corrected chi connectivity index (χ1v) is 5.52. The Morgan fingerprint density at radius 2 is 1.92 bits per heavy atom. The van der Waals surface area contributed by atoms with E-state index in [0.717, 1.165) is 18.0 Å². The van der Waals surface area contributed by atoms with Gasteiger partial charge in [0.15, 0.2) is 0 Å². The van der Waals surface area contributed by atoms with Crippen LogP contribution < -0.4 is 5.32 Å². The number of hydrogen-bond acceptors (Lipinski definition) is 1. The first-order valence-electron chi connectivity index (χ1n) is 5.52. The Morgan fingerprint density at radius 3 is 2.33 bits per heavy atom. The van der Waals surface area contributed by atoms with E-state index in [9.17, 15) is 0 Å². The minimum Gasteiger partial charge on any atom is -0.311 e. The highest BCUT2D eigenvalue weighted by molar-refractivity contribution is 4.80. The van der Waals surface area contributed by atoms with Crippen molar-refractivity contribution in [2.75, 3.05) is 0 Å². The maximum Gasteiger partial charge on any atom is 0.00722 e. The Labute approximate surface area is 76.9 Å². The van der Waals surface area contributed by atoms with Crippen molar-refractivity contribution >= 4 is 0 Å². The molecule has 0 heterocycles. The smallest absolute Gasteiger partial charge is 0.00722 e. The van der Waals surface area contributed by atoms with Gasteiger partial charge in [-0.15, -0.1) is 0 Å². The van der Waals surface area contributed by atoms with Crippen LogP contribution in [-0.2, 0) is 0 Å². The molecule has 0 aromatic carbocycles. The van der Waals surface area contributed by atoms with E-state index in [2.05, 4.69) is 26.1 Å². The predicted molar refractivity (Wildman–Crippen MR) is 54.3 cm³/mol. The maximum atomic E-state index is 3.75. The summed E-state index contributed by atoms with van der Waals surface area (Å²) in [6.45, 7) is 6.92. The van der Waals surface area contributed by atoms with Gasteiger partial charge in [-0.05, 0) is 38.0 Å². The molecule has 12 heavy (non-hydrogen) atoms. The molecule has 2 atom stereocenters. The van der Waals surface area contributed by atoms with Gasteiger partial charge in [0.25, 0.3) is 0 Å². The lowest BCUT2D eigenvalue weighted by Gasteiger charge is -2.20. The van der Waals surface area contributed by atoms with Gasteiger partial charge in [-0.3, -0.25) is 0 Å². The molecule has 0 radical (unpaired) electrons. The van der Waals surface area contributed by atoms with Crippen molar-refractivity contribution in [2.24, 2.45) is 5.92 Å². The van der Waals surface area contributed by atoms with Crippen LogP contribution in [0, 0.1) is 5.92 Å². The summed E-state index contributed by atoms with van der Waals surface area (Å²) in [5.41, 5.74) is 0. The van der Waals surface area contributed by atoms with E-state index in [1.807, 2.05) is 0 Å². The SMILES string of the molecule is CCC(CC)NC1CCC(C)C1. The Bertz CT molecular complexity index is 118. The van der Waals surface area contributed by atoms with Crippen LogP contribution in [0.25, 0.3) is 0 Å². The molecular formula is C11H23N. The zero-order valence-corrected chi connectivity index (χ0v) is 8.77. The molecule has 1 nitrogen and oxygen atoms in total. The van der Waals surface area contributed by atoms with Gasteiger partial charge in [-0.25, -0.2) is 0 Å². The maximum absolute atomic E-state index is 3.75.